The molecule has 1 aromatic heterocycles. The van der Waals surface area contributed by atoms with Crippen LogP contribution < -0.4 is 5.32 Å². The van der Waals surface area contributed by atoms with Crippen molar-refractivity contribution in [1.82, 2.24) is 5.32 Å². The lowest BCUT2D eigenvalue weighted by molar-refractivity contribution is 0.0816. The lowest BCUT2D eigenvalue weighted by Gasteiger charge is -2.13. The number of ether oxygens (including phenoxy) is 1. The number of hydrogen-bond donors (Lipinski definition) is 2. The Balaban J connectivity index is 2.17. The van der Waals surface area contributed by atoms with Crippen molar-refractivity contribution in [3.63, 3.8) is 0 Å². The monoisotopic (exact) mass is 263 g/mol. The summed E-state index contributed by atoms with van der Waals surface area (Å²) in [5, 5.41) is 12.6. The van der Waals surface area contributed by atoms with E-state index in [1.54, 1.807) is 6.07 Å². The highest BCUT2D eigenvalue weighted by molar-refractivity contribution is 5.96. The van der Waals surface area contributed by atoms with E-state index in [4.69, 9.17) is 14.3 Å². The molecule has 0 aliphatic rings. The van der Waals surface area contributed by atoms with Crippen molar-refractivity contribution in [3.8, 4) is 0 Å². The van der Waals surface area contributed by atoms with E-state index in [0.717, 1.165) is 10.9 Å². The summed E-state index contributed by atoms with van der Waals surface area (Å²) in [6, 6.07) is 6.97. The second kappa shape index (κ2) is 5.86. The van der Waals surface area contributed by atoms with Crippen LogP contribution in [0.4, 0.5) is 0 Å². The Labute approximate surface area is 111 Å². The summed E-state index contributed by atoms with van der Waals surface area (Å²) in [7, 11) is 1.51. The minimum atomic E-state index is -0.438. The number of aryl methyl sites for hydroxylation is 1. The molecule has 0 aliphatic heterocycles. The molecule has 2 aromatic rings. The van der Waals surface area contributed by atoms with Gasteiger partial charge in [-0.05, 0) is 25.1 Å². The fraction of sp³-hybridized carbons (Fsp3) is 0.357. The van der Waals surface area contributed by atoms with Crippen LogP contribution in [0.3, 0.4) is 0 Å². The summed E-state index contributed by atoms with van der Waals surface area (Å²) in [5.74, 6) is -0.125. The van der Waals surface area contributed by atoms with Crippen LogP contribution in [0.1, 0.15) is 16.1 Å². The van der Waals surface area contributed by atoms with Gasteiger partial charge in [-0.1, -0.05) is 11.6 Å². The summed E-state index contributed by atoms with van der Waals surface area (Å²) in [6.07, 6.45) is 0. The molecule has 2 rings (SSSR count). The standard InChI is InChI=1S/C14H17NO4/c1-9-3-4-12-10(5-9)6-13(19-12)14(17)15-11(7-16)8-18-2/h3-6,11,16H,7-8H2,1-2H3,(H,15,17). The van der Waals surface area contributed by atoms with E-state index >= 15 is 0 Å². The molecule has 19 heavy (non-hydrogen) atoms. The van der Waals surface area contributed by atoms with Gasteiger partial charge < -0.3 is 19.6 Å². The number of nitrogens with one attached hydrogen (secondary N) is 1. The average Bonchev–Trinajstić information content (AvgIpc) is 2.81. The van der Waals surface area contributed by atoms with Crippen molar-refractivity contribution in [2.75, 3.05) is 20.3 Å². The van der Waals surface area contributed by atoms with E-state index in [1.807, 2.05) is 25.1 Å². The van der Waals surface area contributed by atoms with Crippen LogP contribution in [0.25, 0.3) is 11.0 Å². The molecule has 102 valence electrons. The van der Waals surface area contributed by atoms with Crippen molar-refractivity contribution in [2.24, 2.45) is 0 Å². The fourth-order valence-corrected chi connectivity index (χ4v) is 1.87. The number of aliphatic hydroxyl groups excluding tert-OH is 1. The van der Waals surface area contributed by atoms with E-state index in [9.17, 15) is 4.79 Å². The molecule has 0 bridgehead atoms. The van der Waals surface area contributed by atoms with Crippen molar-refractivity contribution >= 4 is 16.9 Å². The van der Waals surface area contributed by atoms with Gasteiger partial charge in [-0.3, -0.25) is 4.79 Å². The highest BCUT2D eigenvalue weighted by Gasteiger charge is 2.16. The van der Waals surface area contributed by atoms with E-state index < -0.39 is 6.04 Å². The highest BCUT2D eigenvalue weighted by Crippen LogP contribution is 2.20. The predicted molar refractivity (Wildman–Crippen MR) is 71.2 cm³/mol. The van der Waals surface area contributed by atoms with E-state index in [2.05, 4.69) is 5.32 Å². The quantitative estimate of drug-likeness (QED) is 0.857. The van der Waals surface area contributed by atoms with Crippen LogP contribution in [0.2, 0.25) is 0 Å². The lowest BCUT2D eigenvalue weighted by atomic mass is 10.2. The zero-order chi connectivity index (χ0) is 13.8. The number of methoxy groups -OCH3 is 1. The normalized spacial score (nSPS) is 12.6. The second-order valence-corrected chi connectivity index (χ2v) is 4.46. The highest BCUT2D eigenvalue weighted by atomic mass is 16.5. The maximum atomic E-state index is 12.0. The molecule has 0 saturated carbocycles. The molecule has 1 atom stereocenters. The number of carbonyl (C=O) groups excluding carboxylic acids is 1. The van der Waals surface area contributed by atoms with Gasteiger partial charge in [-0.25, -0.2) is 0 Å². The molecule has 5 nitrogen and oxygen atoms in total. The molecule has 5 heteroatoms. The fourth-order valence-electron chi connectivity index (χ4n) is 1.87. The second-order valence-electron chi connectivity index (χ2n) is 4.46. The third kappa shape index (κ3) is 3.13. The number of fused-ring (bicyclic) bond motifs is 1. The van der Waals surface area contributed by atoms with Crippen LogP contribution in [0, 0.1) is 6.92 Å². The van der Waals surface area contributed by atoms with Gasteiger partial charge in [0.15, 0.2) is 5.76 Å². The Morgan fingerprint density at radius 1 is 1.47 bits per heavy atom. The van der Waals surface area contributed by atoms with Gasteiger partial charge >= 0.3 is 0 Å². The summed E-state index contributed by atoms with van der Waals surface area (Å²) in [5.41, 5.74) is 1.77. The Bertz CT molecular complexity index is 576. The zero-order valence-corrected chi connectivity index (χ0v) is 11.0. The third-order valence-corrected chi connectivity index (χ3v) is 2.82. The number of benzene rings is 1. The first-order valence-corrected chi connectivity index (χ1v) is 6.05. The molecule has 0 fully saturated rings. The SMILES string of the molecule is COCC(CO)NC(=O)c1cc2cc(C)ccc2o1. The topological polar surface area (TPSA) is 71.7 Å². The molecule has 0 radical (unpaired) electrons. The molecule has 0 aliphatic carbocycles. The molecule has 0 saturated heterocycles. The van der Waals surface area contributed by atoms with Crippen LogP contribution in [0.15, 0.2) is 28.7 Å². The largest absolute Gasteiger partial charge is 0.451 e. The van der Waals surface area contributed by atoms with Crippen molar-refractivity contribution < 1.29 is 19.1 Å². The smallest absolute Gasteiger partial charge is 0.287 e. The van der Waals surface area contributed by atoms with Gasteiger partial charge in [0.05, 0.1) is 19.3 Å². The maximum absolute atomic E-state index is 12.0. The number of rotatable bonds is 5. The van der Waals surface area contributed by atoms with Crippen molar-refractivity contribution in [2.45, 2.75) is 13.0 Å². The lowest BCUT2D eigenvalue weighted by Crippen LogP contribution is -2.40. The molecular formula is C14H17NO4. The van der Waals surface area contributed by atoms with Gasteiger partial charge in [-0.15, -0.1) is 0 Å². The summed E-state index contributed by atoms with van der Waals surface area (Å²) >= 11 is 0. The number of amides is 1. The van der Waals surface area contributed by atoms with Crippen molar-refractivity contribution in [3.05, 3.63) is 35.6 Å². The predicted octanol–water partition coefficient (Wildman–Crippen LogP) is 1.48. The van der Waals surface area contributed by atoms with Gasteiger partial charge in [0.25, 0.3) is 5.91 Å². The molecule has 0 spiro atoms. The zero-order valence-electron chi connectivity index (χ0n) is 11.0. The van der Waals surface area contributed by atoms with Crippen LogP contribution in [-0.2, 0) is 4.74 Å². The Kier molecular flexibility index (Phi) is 4.19. The van der Waals surface area contributed by atoms with E-state index in [0.29, 0.717) is 5.58 Å². The number of furan rings is 1. The van der Waals surface area contributed by atoms with Gasteiger partial charge in [-0.2, -0.15) is 0 Å². The summed E-state index contributed by atoms with van der Waals surface area (Å²) < 4.78 is 10.4. The maximum Gasteiger partial charge on any atom is 0.287 e. The number of carbonyl (C=O) groups is 1. The van der Waals surface area contributed by atoms with Gasteiger partial charge in [0.1, 0.15) is 5.58 Å². The first-order valence-electron chi connectivity index (χ1n) is 6.05. The van der Waals surface area contributed by atoms with E-state index in [1.165, 1.54) is 7.11 Å². The van der Waals surface area contributed by atoms with Crippen molar-refractivity contribution in [1.29, 1.82) is 0 Å². The first-order chi connectivity index (χ1) is 9.13. The molecule has 1 aromatic carbocycles. The Hall–Kier alpha value is -1.85. The summed E-state index contributed by atoms with van der Waals surface area (Å²) in [4.78, 5) is 12.0. The van der Waals surface area contributed by atoms with Crippen LogP contribution >= 0.6 is 0 Å². The van der Waals surface area contributed by atoms with E-state index in [-0.39, 0.29) is 24.9 Å². The van der Waals surface area contributed by atoms with Crippen LogP contribution in [0.5, 0.6) is 0 Å². The molecule has 1 unspecified atom stereocenters. The minimum Gasteiger partial charge on any atom is -0.451 e. The average molecular weight is 263 g/mol. The Morgan fingerprint density at radius 2 is 2.26 bits per heavy atom. The van der Waals surface area contributed by atoms with Gasteiger partial charge in [0.2, 0.25) is 0 Å². The molecule has 1 amide bonds. The Morgan fingerprint density at radius 3 is 2.95 bits per heavy atom. The molecular weight excluding hydrogens is 246 g/mol. The molecule has 1 heterocycles. The summed E-state index contributed by atoms with van der Waals surface area (Å²) in [6.45, 7) is 2.05. The minimum absolute atomic E-state index is 0.182. The molecule has 2 N–H and O–H groups in total. The first kappa shape index (κ1) is 13.6. The number of hydrogen-bond acceptors (Lipinski definition) is 4. The van der Waals surface area contributed by atoms with Gasteiger partial charge in [0, 0.05) is 12.5 Å². The number of aliphatic hydroxyl groups is 1. The van der Waals surface area contributed by atoms with Crippen LogP contribution in [-0.4, -0.2) is 37.4 Å². The third-order valence-electron chi connectivity index (χ3n) is 2.82.